The first-order valence-corrected chi connectivity index (χ1v) is 6.48. The van der Waals surface area contributed by atoms with Crippen LogP contribution in [0.1, 0.15) is 5.56 Å². The fourth-order valence-corrected chi connectivity index (χ4v) is 2.41. The molecular formula is C14H12BrN3. The second kappa shape index (κ2) is 4.46. The zero-order chi connectivity index (χ0) is 12.5. The van der Waals surface area contributed by atoms with Gasteiger partial charge >= 0.3 is 0 Å². The Labute approximate surface area is 113 Å². The number of anilines is 1. The van der Waals surface area contributed by atoms with Gasteiger partial charge in [-0.2, -0.15) is 5.10 Å². The summed E-state index contributed by atoms with van der Waals surface area (Å²) >= 11 is 3.55. The molecule has 90 valence electrons. The van der Waals surface area contributed by atoms with Gasteiger partial charge in [-0.3, -0.25) is 4.68 Å². The highest BCUT2D eigenvalue weighted by atomic mass is 79.9. The first-order valence-electron chi connectivity index (χ1n) is 5.68. The molecule has 3 aromatic rings. The average Bonchev–Trinajstić information content (AvgIpc) is 2.75. The highest BCUT2D eigenvalue weighted by Crippen LogP contribution is 2.21. The molecule has 0 saturated carbocycles. The lowest BCUT2D eigenvalue weighted by Gasteiger charge is -2.06. The number of nitrogens with two attached hydrogens (primary N) is 1. The van der Waals surface area contributed by atoms with Crippen LogP contribution < -0.4 is 5.73 Å². The highest BCUT2D eigenvalue weighted by molar-refractivity contribution is 9.10. The van der Waals surface area contributed by atoms with Crippen molar-refractivity contribution >= 4 is 32.5 Å². The van der Waals surface area contributed by atoms with Gasteiger partial charge in [-0.25, -0.2) is 0 Å². The Kier molecular flexibility index (Phi) is 2.80. The number of aromatic nitrogens is 2. The van der Waals surface area contributed by atoms with Crippen LogP contribution in [0, 0.1) is 0 Å². The molecule has 1 aromatic heterocycles. The van der Waals surface area contributed by atoms with Crippen molar-refractivity contribution in [2.75, 3.05) is 5.73 Å². The van der Waals surface area contributed by atoms with E-state index in [0.717, 1.165) is 27.6 Å². The molecular weight excluding hydrogens is 290 g/mol. The van der Waals surface area contributed by atoms with Crippen LogP contribution in [0.2, 0.25) is 0 Å². The maximum atomic E-state index is 5.82. The Morgan fingerprint density at radius 1 is 1.17 bits per heavy atom. The fourth-order valence-electron chi connectivity index (χ4n) is 2.00. The molecule has 0 aliphatic rings. The Morgan fingerprint density at radius 2 is 2.00 bits per heavy atom. The summed E-state index contributed by atoms with van der Waals surface area (Å²) in [6.45, 7) is 0.731. The molecule has 0 saturated heterocycles. The van der Waals surface area contributed by atoms with Crippen molar-refractivity contribution in [1.29, 1.82) is 0 Å². The summed E-state index contributed by atoms with van der Waals surface area (Å²) in [7, 11) is 0. The number of nitrogen functional groups attached to an aromatic ring is 1. The minimum atomic E-state index is 0.731. The van der Waals surface area contributed by atoms with E-state index in [-0.39, 0.29) is 0 Å². The summed E-state index contributed by atoms with van der Waals surface area (Å²) in [4.78, 5) is 0. The van der Waals surface area contributed by atoms with Gasteiger partial charge in [0.15, 0.2) is 0 Å². The third kappa shape index (κ3) is 1.99. The predicted molar refractivity (Wildman–Crippen MR) is 77.4 cm³/mol. The number of halogens is 1. The summed E-state index contributed by atoms with van der Waals surface area (Å²) in [6, 6.07) is 14.0. The van der Waals surface area contributed by atoms with Gasteiger partial charge in [-0.05, 0) is 29.8 Å². The molecule has 0 bridgehead atoms. The van der Waals surface area contributed by atoms with Gasteiger partial charge in [0.1, 0.15) is 0 Å². The van der Waals surface area contributed by atoms with E-state index >= 15 is 0 Å². The quantitative estimate of drug-likeness (QED) is 0.737. The molecule has 0 aliphatic carbocycles. The zero-order valence-corrected chi connectivity index (χ0v) is 11.3. The van der Waals surface area contributed by atoms with Gasteiger partial charge < -0.3 is 5.73 Å². The molecule has 2 N–H and O–H groups in total. The van der Waals surface area contributed by atoms with Crippen LogP contribution in [0.4, 0.5) is 5.69 Å². The molecule has 0 aliphatic heterocycles. The molecule has 2 aromatic carbocycles. The molecule has 4 heteroatoms. The van der Waals surface area contributed by atoms with Gasteiger partial charge in [0.25, 0.3) is 0 Å². The summed E-state index contributed by atoms with van der Waals surface area (Å²) in [5.41, 5.74) is 8.85. The van der Waals surface area contributed by atoms with Crippen molar-refractivity contribution in [3.63, 3.8) is 0 Å². The molecule has 18 heavy (non-hydrogen) atoms. The van der Waals surface area contributed by atoms with Crippen LogP contribution in [-0.4, -0.2) is 9.78 Å². The second-order valence-electron chi connectivity index (χ2n) is 4.21. The van der Waals surface area contributed by atoms with Gasteiger partial charge in [0, 0.05) is 15.5 Å². The zero-order valence-electron chi connectivity index (χ0n) is 9.68. The van der Waals surface area contributed by atoms with Crippen LogP contribution >= 0.6 is 15.9 Å². The number of nitrogens with zero attached hydrogens (tertiary/aromatic N) is 2. The number of benzene rings is 2. The van der Waals surface area contributed by atoms with Crippen molar-refractivity contribution < 1.29 is 0 Å². The van der Waals surface area contributed by atoms with Crippen LogP contribution in [0.3, 0.4) is 0 Å². The number of rotatable bonds is 2. The SMILES string of the molecule is Nc1ccc2cnn(Cc3ccccc3Br)c2c1. The van der Waals surface area contributed by atoms with E-state index in [1.54, 1.807) is 0 Å². The van der Waals surface area contributed by atoms with E-state index in [1.807, 2.05) is 47.3 Å². The summed E-state index contributed by atoms with van der Waals surface area (Å²) in [5.74, 6) is 0. The average molecular weight is 302 g/mol. The molecule has 3 rings (SSSR count). The Bertz CT molecular complexity index is 703. The van der Waals surface area contributed by atoms with E-state index in [2.05, 4.69) is 27.1 Å². The summed E-state index contributed by atoms with van der Waals surface area (Å²) in [5, 5.41) is 5.52. The first-order chi connectivity index (χ1) is 8.74. The lowest BCUT2D eigenvalue weighted by atomic mass is 10.2. The molecule has 3 nitrogen and oxygen atoms in total. The number of hydrogen-bond donors (Lipinski definition) is 1. The Morgan fingerprint density at radius 3 is 2.83 bits per heavy atom. The Balaban J connectivity index is 2.05. The third-order valence-electron chi connectivity index (χ3n) is 2.95. The third-order valence-corrected chi connectivity index (χ3v) is 3.72. The van der Waals surface area contributed by atoms with Crippen molar-refractivity contribution in [3.05, 3.63) is 58.7 Å². The van der Waals surface area contributed by atoms with Crippen LogP contribution in [0.5, 0.6) is 0 Å². The van der Waals surface area contributed by atoms with Crippen LogP contribution in [0.25, 0.3) is 10.9 Å². The van der Waals surface area contributed by atoms with Crippen molar-refractivity contribution in [2.45, 2.75) is 6.54 Å². The highest BCUT2D eigenvalue weighted by Gasteiger charge is 2.05. The minimum absolute atomic E-state index is 0.731. The van der Waals surface area contributed by atoms with Gasteiger partial charge in [0.05, 0.1) is 18.3 Å². The second-order valence-corrected chi connectivity index (χ2v) is 5.07. The molecule has 0 radical (unpaired) electrons. The maximum absolute atomic E-state index is 5.82. The molecule has 0 atom stereocenters. The predicted octanol–water partition coefficient (Wildman–Crippen LogP) is 3.43. The fraction of sp³-hybridized carbons (Fsp3) is 0.0714. The standard InChI is InChI=1S/C14H12BrN3/c15-13-4-2-1-3-11(13)9-18-14-7-12(16)6-5-10(14)8-17-18/h1-8H,9,16H2. The number of fused-ring (bicyclic) bond motifs is 1. The van der Waals surface area contributed by atoms with Gasteiger partial charge in [0.2, 0.25) is 0 Å². The van der Waals surface area contributed by atoms with Crippen LogP contribution in [0.15, 0.2) is 53.1 Å². The summed E-state index contributed by atoms with van der Waals surface area (Å²) in [6.07, 6.45) is 1.87. The maximum Gasteiger partial charge on any atom is 0.0706 e. The topological polar surface area (TPSA) is 43.8 Å². The molecule has 0 fully saturated rings. The smallest absolute Gasteiger partial charge is 0.0706 e. The van der Waals surface area contributed by atoms with Crippen molar-refractivity contribution in [3.8, 4) is 0 Å². The van der Waals surface area contributed by atoms with Crippen molar-refractivity contribution in [2.24, 2.45) is 0 Å². The lowest BCUT2D eigenvalue weighted by Crippen LogP contribution is -2.02. The van der Waals surface area contributed by atoms with Gasteiger partial charge in [-0.1, -0.05) is 34.1 Å². The van der Waals surface area contributed by atoms with Crippen LogP contribution in [-0.2, 0) is 6.54 Å². The lowest BCUT2D eigenvalue weighted by molar-refractivity contribution is 0.710. The summed E-state index contributed by atoms with van der Waals surface area (Å²) < 4.78 is 3.06. The first kappa shape index (κ1) is 11.3. The Hall–Kier alpha value is -1.81. The molecule has 0 unspecified atom stereocenters. The molecule has 1 heterocycles. The normalized spacial score (nSPS) is 10.9. The monoisotopic (exact) mass is 301 g/mol. The largest absolute Gasteiger partial charge is 0.399 e. The van der Waals surface area contributed by atoms with E-state index in [4.69, 9.17) is 5.73 Å². The molecule has 0 spiro atoms. The van der Waals surface area contributed by atoms with E-state index in [9.17, 15) is 0 Å². The number of hydrogen-bond acceptors (Lipinski definition) is 2. The van der Waals surface area contributed by atoms with Gasteiger partial charge in [-0.15, -0.1) is 0 Å². The van der Waals surface area contributed by atoms with E-state index in [0.29, 0.717) is 0 Å². The minimum Gasteiger partial charge on any atom is -0.399 e. The van der Waals surface area contributed by atoms with E-state index < -0.39 is 0 Å². The van der Waals surface area contributed by atoms with E-state index in [1.165, 1.54) is 5.56 Å². The van der Waals surface area contributed by atoms with Crippen molar-refractivity contribution in [1.82, 2.24) is 9.78 Å². The molecule has 0 amide bonds.